The van der Waals surface area contributed by atoms with E-state index >= 15 is 0 Å². The van der Waals surface area contributed by atoms with Gasteiger partial charge in [0.1, 0.15) is 5.82 Å². The third-order valence-electron chi connectivity index (χ3n) is 2.62. The summed E-state index contributed by atoms with van der Waals surface area (Å²) in [7, 11) is -4.53. The van der Waals surface area contributed by atoms with Crippen molar-refractivity contribution in [2.45, 2.75) is 17.7 Å². The third-order valence-corrected chi connectivity index (χ3v) is 4.00. The monoisotopic (exact) mass is 363 g/mol. The standard InChI is InChI=1S/C10H12F3N3O4S.ClH/c1-6-8(11)2-7(3-9(6)16(17)18)21(19,20)15-5-10(12,13)4-14;/h2-3,15H,4-5,14H2,1H3;1H. The predicted octanol–water partition coefficient (Wildman–Crippen LogP) is 1.34. The molecule has 0 heterocycles. The summed E-state index contributed by atoms with van der Waals surface area (Å²) in [5.41, 5.74) is 3.63. The summed E-state index contributed by atoms with van der Waals surface area (Å²) in [5, 5.41) is 10.7. The summed E-state index contributed by atoms with van der Waals surface area (Å²) in [6.45, 7) is -1.28. The number of rotatable bonds is 6. The highest BCUT2D eigenvalue weighted by Gasteiger charge is 2.30. The van der Waals surface area contributed by atoms with Crippen LogP contribution in [0.15, 0.2) is 17.0 Å². The maximum absolute atomic E-state index is 13.5. The molecule has 0 atom stereocenters. The molecule has 1 aromatic carbocycles. The maximum Gasteiger partial charge on any atom is 0.276 e. The first-order valence-corrected chi connectivity index (χ1v) is 7.00. The molecule has 0 aliphatic rings. The average Bonchev–Trinajstić information content (AvgIpc) is 2.39. The SMILES string of the molecule is Cc1c(F)cc(S(=O)(=O)NCC(F)(F)CN)cc1[N+](=O)[O-].Cl. The van der Waals surface area contributed by atoms with E-state index in [4.69, 9.17) is 5.73 Å². The van der Waals surface area contributed by atoms with Gasteiger partial charge in [0, 0.05) is 6.07 Å². The topological polar surface area (TPSA) is 115 Å². The Morgan fingerprint density at radius 2 is 1.95 bits per heavy atom. The van der Waals surface area contributed by atoms with Gasteiger partial charge in [0.15, 0.2) is 0 Å². The molecule has 0 aromatic heterocycles. The van der Waals surface area contributed by atoms with E-state index in [0.717, 1.165) is 6.92 Å². The van der Waals surface area contributed by atoms with Crippen molar-refractivity contribution >= 4 is 28.1 Å². The molecule has 0 saturated carbocycles. The quantitative estimate of drug-likeness (QED) is 0.584. The van der Waals surface area contributed by atoms with Crippen molar-refractivity contribution in [3.8, 4) is 0 Å². The molecular formula is C10H13ClF3N3O4S. The maximum atomic E-state index is 13.5. The number of nitrogens with two attached hydrogens (primary N) is 1. The Morgan fingerprint density at radius 1 is 1.41 bits per heavy atom. The molecule has 0 unspecified atom stereocenters. The smallest absolute Gasteiger partial charge is 0.276 e. The molecule has 1 rings (SSSR count). The van der Waals surface area contributed by atoms with Crippen molar-refractivity contribution < 1.29 is 26.5 Å². The van der Waals surface area contributed by atoms with Crippen molar-refractivity contribution in [2.24, 2.45) is 5.73 Å². The first-order chi connectivity index (χ1) is 9.50. The zero-order valence-corrected chi connectivity index (χ0v) is 12.8. The Morgan fingerprint density at radius 3 is 2.41 bits per heavy atom. The predicted molar refractivity (Wildman–Crippen MR) is 74.2 cm³/mol. The van der Waals surface area contributed by atoms with Crippen molar-refractivity contribution in [3.05, 3.63) is 33.6 Å². The van der Waals surface area contributed by atoms with Gasteiger partial charge in [0.2, 0.25) is 10.0 Å². The van der Waals surface area contributed by atoms with E-state index < -0.39 is 50.4 Å². The highest BCUT2D eigenvalue weighted by molar-refractivity contribution is 7.89. The van der Waals surface area contributed by atoms with Gasteiger partial charge in [-0.1, -0.05) is 0 Å². The van der Waals surface area contributed by atoms with E-state index in [2.05, 4.69) is 0 Å². The van der Waals surface area contributed by atoms with Crippen LogP contribution in [0.2, 0.25) is 0 Å². The minimum Gasteiger partial charge on any atom is -0.325 e. The van der Waals surface area contributed by atoms with Crippen LogP contribution in [0.3, 0.4) is 0 Å². The Hall–Kier alpha value is -1.43. The zero-order valence-electron chi connectivity index (χ0n) is 11.2. The molecule has 0 radical (unpaired) electrons. The Labute approximate surface area is 130 Å². The lowest BCUT2D eigenvalue weighted by Crippen LogP contribution is -2.41. The van der Waals surface area contributed by atoms with Crippen LogP contribution in [0.25, 0.3) is 0 Å². The van der Waals surface area contributed by atoms with Crippen molar-refractivity contribution in [1.82, 2.24) is 4.72 Å². The zero-order chi connectivity index (χ0) is 16.4. The number of hydrogen-bond acceptors (Lipinski definition) is 5. The summed E-state index contributed by atoms with van der Waals surface area (Å²) >= 11 is 0. The largest absolute Gasteiger partial charge is 0.325 e. The number of nitro benzene ring substituents is 1. The molecule has 0 saturated heterocycles. The lowest BCUT2D eigenvalue weighted by atomic mass is 10.2. The normalized spacial score (nSPS) is 11.9. The van der Waals surface area contributed by atoms with E-state index in [1.54, 1.807) is 0 Å². The minimum absolute atomic E-state index is 0. The van der Waals surface area contributed by atoms with Crippen LogP contribution in [0.1, 0.15) is 5.56 Å². The van der Waals surface area contributed by atoms with Crippen molar-refractivity contribution in [2.75, 3.05) is 13.1 Å². The number of nitrogens with zero attached hydrogens (tertiary/aromatic N) is 1. The van der Waals surface area contributed by atoms with E-state index in [0.29, 0.717) is 12.1 Å². The van der Waals surface area contributed by atoms with Gasteiger partial charge in [-0.05, 0) is 13.0 Å². The molecule has 0 amide bonds. The molecule has 0 fully saturated rings. The number of alkyl halides is 2. The van der Waals surface area contributed by atoms with E-state index in [1.165, 1.54) is 4.72 Å². The van der Waals surface area contributed by atoms with Crippen LogP contribution in [-0.4, -0.2) is 32.4 Å². The van der Waals surface area contributed by atoms with Gasteiger partial charge in [-0.3, -0.25) is 10.1 Å². The van der Waals surface area contributed by atoms with Gasteiger partial charge >= 0.3 is 0 Å². The molecule has 7 nitrogen and oxygen atoms in total. The number of halogens is 4. The second-order valence-corrected chi connectivity index (χ2v) is 5.96. The molecule has 126 valence electrons. The summed E-state index contributed by atoms with van der Waals surface area (Å²) in [6.07, 6.45) is 0. The van der Waals surface area contributed by atoms with Gasteiger partial charge in [0.25, 0.3) is 11.6 Å². The van der Waals surface area contributed by atoms with Crippen molar-refractivity contribution in [1.29, 1.82) is 0 Å². The van der Waals surface area contributed by atoms with Crippen LogP contribution >= 0.6 is 12.4 Å². The number of hydrogen-bond donors (Lipinski definition) is 2. The summed E-state index contributed by atoms with van der Waals surface area (Å²) < 4.78 is 64.4. The van der Waals surface area contributed by atoms with Gasteiger partial charge in [-0.25, -0.2) is 26.3 Å². The van der Waals surface area contributed by atoms with Crippen LogP contribution in [0.5, 0.6) is 0 Å². The first kappa shape index (κ1) is 20.6. The van der Waals surface area contributed by atoms with Crippen LogP contribution in [0, 0.1) is 22.9 Å². The van der Waals surface area contributed by atoms with Gasteiger partial charge in [-0.2, -0.15) is 0 Å². The second kappa shape index (κ2) is 7.22. The average molecular weight is 364 g/mol. The fourth-order valence-electron chi connectivity index (χ4n) is 1.34. The second-order valence-electron chi connectivity index (χ2n) is 4.19. The van der Waals surface area contributed by atoms with Gasteiger partial charge in [-0.15, -0.1) is 12.4 Å². The molecule has 1 aromatic rings. The molecule has 0 spiro atoms. The number of nitro groups is 1. The van der Waals surface area contributed by atoms with E-state index in [9.17, 15) is 31.7 Å². The highest BCUT2D eigenvalue weighted by atomic mass is 35.5. The van der Waals surface area contributed by atoms with Crippen molar-refractivity contribution in [3.63, 3.8) is 0 Å². The van der Waals surface area contributed by atoms with Gasteiger partial charge in [0.05, 0.1) is 28.5 Å². The molecular weight excluding hydrogens is 351 g/mol. The molecule has 22 heavy (non-hydrogen) atoms. The molecule has 0 aliphatic carbocycles. The van der Waals surface area contributed by atoms with Crippen LogP contribution in [0.4, 0.5) is 18.9 Å². The highest BCUT2D eigenvalue weighted by Crippen LogP contribution is 2.25. The number of benzene rings is 1. The molecule has 0 bridgehead atoms. The Bertz CT molecular complexity index is 670. The summed E-state index contributed by atoms with van der Waals surface area (Å²) in [6, 6.07) is 1.12. The summed E-state index contributed by atoms with van der Waals surface area (Å²) in [5.74, 6) is -4.61. The van der Waals surface area contributed by atoms with Crippen LogP contribution in [-0.2, 0) is 10.0 Å². The lowest BCUT2D eigenvalue weighted by Gasteiger charge is -2.15. The third kappa shape index (κ3) is 4.80. The Balaban J connectivity index is 0.00000441. The number of sulfonamides is 1. The van der Waals surface area contributed by atoms with Gasteiger partial charge < -0.3 is 5.73 Å². The van der Waals surface area contributed by atoms with E-state index in [1.807, 2.05) is 0 Å². The molecule has 3 N–H and O–H groups in total. The first-order valence-electron chi connectivity index (χ1n) is 5.52. The minimum atomic E-state index is -4.53. The molecule has 0 aliphatic heterocycles. The fraction of sp³-hybridized carbons (Fsp3) is 0.400. The van der Waals surface area contributed by atoms with Crippen LogP contribution < -0.4 is 10.5 Å². The Kier molecular flexibility index (Phi) is 6.75. The lowest BCUT2D eigenvalue weighted by molar-refractivity contribution is -0.385. The fourth-order valence-corrected chi connectivity index (χ4v) is 2.43. The summed E-state index contributed by atoms with van der Waals surface area (Å²) in [4.78, 5) is 8.92. The molecule has 12 heteroatoms. The van der Waals surface area contributed by atoms with E-state index in [-0.39, 0.29) is 18.0 Å². The number of nitrogens with one attached hydrogen (secondary N) is 1.